The summed E-state index contributed by atoms with van der Waals surface area (Å²) in [5.41, 5.74) is 7.87. The summed E-state index contributed by atoms with van der Waals surface area (Å²) in [5.74, 6) is -0.531. The first-order valence-electron chi connectivity index (χ1n) is 13.4. The number of rotatable bonds is 8. The van der Waals surface area contributed by atoms with E-state index in [2.05, 4.69) is 106 Å². The third-order valence-corrected chi connectivity index (χ3v) is 13.5. The summed E-state index contributed by atoms with van der Waals surface area (Å²) >= 11 is 0. The maximum Gasteiger partial charge on any atom is 2.00 e. The van der Waals surface area contributed by atoms with Crippen LogP contribution in [0.3, 0.4) is 0 Å². The van der Waals surface area contributed by atoms with Crippen LogP contribution >= 0.6 is 15.8 Å². The van der Waals surface area contributed by atoms with Crippen LogP contribution < -0.4 is 15.7 Å². The van der Waals surface area contributed by atoms with Gasteiger partial charge in [-0.3, -0.25) is 0 Å². The molecule has 0 amide bonds. The van der Waals surface area contributed by atoms with Crippen molar-refractivity contribution in [2.45, 2.75) is 91.9 Å². The fourth-order valence-electron chi connectivity index (χ4n) is 5.10. The van der Waals surface area contributed by atoms with E-state index in [0.29, 0.717) is 22.6 Å². The smallest absolute Gasteiger partial charge is 0.872 e. The van der Waals surface area contributed by atoms with Crippen LogP contribution in [0.5, 0.6) is 5.75 Å². The van der Waals surface area contributed by atoms with Gasteiger partial charge in [0, 0.05) is 15.8 Å². The predicted molar refractivity (Wildman–Crippen MR) is 167 cm³/mol. The molecule has 0 bridgehead atoms. The number of hydrogen-bond acceptors (Lipinski definition) is 1. The van der Waals surface area contributed by atoms with E-state index < -0.39 is 15.8 Å². The van der Waals surface area contributed by atoms with Crippen LogP contribution in [0.25, 0.3) is 5.32 Å². The van der Waals surface area contributed by atoms with Crippen molar-refractivity contribution in [3.63, 3.8) is 0 Å². The largest absolute Gasteiger partial charge is 2.00 e. The average Bonchev–Trinajstić information content (AvgIpc) is 2.78. The fourth-order valence-corrected chi connectivity index (χ4v) is 11.9. The maximum atomic E-state index is 11.9. The van der Waals surface area contributed by atoms with E-state index in [1.807, 2.05) is 0 Å². The van der Waals surface area contributed by atoms with Crippen molar-refractivity contribution in [2.75, 3.05) is 0 Å². The zero-order chi connectivity index (χ0) is 27.9. The molecule has 0 aromatic heterocycles. The summed E-state index contributed by atoms with van der Waals surface area (Å²) in [6.45, 7) is 23.5. The van der Waals surface area contributed by atoms with Gasteiger partial charge in [-0.1, -0.05) is 47.8 Å². The summed E-state index contributed by atoms with van der Waals surface area (Å²) in [6.07, 6.45) is 0. The number of hydrogen-bond donors (Lipinski definition) is 0. The molecule has 3 aromatic carbocycles. The maximum absolute atomic E-state index is 11.9. The van der Waals surface area contributed by atoms with Gasteiger partial charge in [0.25, 0.3) is 0 Å². The van der Waals surface area contributed by atoms with Crippen molar-refractivity contribution < 1.29 is 29.0 Å². The average molecular weight is 645 g/mol. The summed E-state index contributed by atoms with van der Waals surface area (Å²) in [7, 11) is -1.37. The van der Waals surface area contributed by atoms with Crippen LogP contribution in [0.1, 0.15) is 66.5 Å². The Hall–Kier alpha value is -1.33. The first-order valence-corrected chi connectivity index (χ1v) is 16.7. The standard InChI is InChI=1S/C26H40NP2.C6H5FO.Rh/c1-17(2)28(18(3)4)25-15-21(9)11-13-23(25)27-24-14-12-22(10)16-26(24)29(19(5)6)20(7)8;7-5-1-3-6(8)4-2-5;/h11-20H,1-10H3;1-4,8H;/q-1;;+2/p+1. The molecule has 0 unspecified atom stereocenters. The molecule has 0 fully saturated rings. The van der Waals surface area contributed by atoms with Gasteiger partial charge < -0.3 is 10.4 Å². The summed E-state index contributed by atoms with van der Waals surface area (Å²) in [5, 5.41) is 18.6. The number of nitrogens with zero attached hydrogens (tertiary/aromatic N) is 1. The van der Waals surface area contributed by atoms with Crippen molar-refractivity contribution >= 4 is 37.8 Å². The molecule has 0 atom stereocenters. The Morgan fingerprint density at radius 2 is 0.947 bits per heavy atom. The van der Waals surface area contributed by atoms with Gasteiger partial charge in [-0.25, -0.2) is 4.39 Å². The van der Waals surface area contributed by atoms with E-state index in [-0.39, 0.29) is 31.0 Å². The van der Waals surface area contributed by atoms with Gasteiger partial charge in [0.05, 0.1) is 33.2 Å². The Kier molecular flexibility index (Phi) is 14.7. The van der Waals surface area contributed by atoms with E-state index in [4.69, 9.17) is 5.32 Å². The van der Waals surface area contributed by atoms with Crippen molar-refractivity contribution in [1.82, 2.24) is 0 Å². The van der Waals surface area contributed by atoms with Gasteiger partial charge in [0.15, 0.2) is 0 Å². The minimum Gasteiger partial charge on any atom is -0.872 e. The van der Waals surface area contributed by atoms with E-state index in [1.54, 1.807) is 0 Å². The molecular formula is C32H46FNOP2Rh+2. The molecule has 0 N–H and O–H groups in total. The van der Waals surface area contributed by atoms with E-state index >= 15 is 0 Å². The second-order valence-electron chi connectivity index (χ2n) is 11.1. The molecule has 0 aliphatic carbocycles. The van der Waals surface area contributed by atoms with Crippen LogP contribution in [0, 0.1) is 19.7 Å². The van der Waals surface area contributed by atoms with E-state index in [1.165, 1.54) is 45.2 Å². The Morgan fingerprint density at radius 1 is 0.605 bits per heavy atom. The van der Waals surface area contributed by atoms with Crippen molar-refractivity contribution in [1.29, 1.82) is 0 Å². The zero-order valence-corrected chi connectivity index (χ0v) is 28.3. The molecule has 0 aliphatic rings. The van der Waals surface area contributed by atoms with Gasteiger partial charge in [0.2, 0.25) is 0 Å². The number of aryl methyl sites for hydroxylation is 2. The van der Waals surface area contributed by atoms with Crippen LogP contribution in [0.4, 0.5) is 15.8 Å². The van der Waals surface area contributed by atoms with Crippen LogP contribution in [0.15, 0.2) is 60.7 Å². The third-order valence-electron chi connectivity index (χ3n) is 6.47. The SMILES string of the molecule is Cc1ccc([N-]c2ccc(C)cc2[PH+](C(C)C)C(C)C)c([PH+](C(C)C)C(C)C)c1.[O-]c1ccc(F)cc1.[Rh+2]. The molecule has 0 spiro atoms. The van der Waals surface area contributed by atoms with Gasteiger partial charge >= 0.3 is 19.5 Å². The molecule has 0 aliphatic heterocycles. The monoisotopic (exact) mass is 644 g/mol. The second kappa shape index (κ2) is 16.1. The normalized spacial score (nSPS) is 11.3. The zero-order valence-electron chi connectivity index (χ0n) is 24.6. The molecule has 3 rings (SSSR count). The molecule has 209 valence electrons. The van der Waals surface area contributed by atoms with E-state index in [9.17, 15) is 9.50 Å². The van der Waals surface area contributed by atoms with Crippen LogP contribution in [0.2, 0.25) is 0 Å². The summed E-state index contributed by atoms with van der Waals surface area (Å²) in [4.78, 5) is 0. The Morgan fingerprint density at radius 3 is 1.24 bits per heavy atom. The fraction of sp³-hybridized carbons (Fsp3) is 0.438. The molecule has 6 heteroatoms. The molecular weight excluding hydrogens is 598 g/mol. The van der Waals surface area contributed by atoms with Crippen molar-refractivity contribution in [3.05, 3.63) is 82.9 Å². The summed E-state index contributed by atoms with van der Waals surface area (Å²) in [6, 6.07) is 18.5. The molecule has 2 nitrogen and oxygen atoms in total. The summed E-state index contributed by atoms with van der Waals surface area (Å²) < 4.78 is 11.9. The van der Waals surface area contributed by atoms with Crippen LogP contribution in [-0.2, 0) is 19.5 Å². The molecule has 38 heavy (non-hydrogen) atoms. The van der Waals surface area contributed by atoms with Gasteiger partial charge in [-0.05, 0) is 105 Å². The molecule has 3 aromatic rings. The third kappa shape index (κ3) is 10.0. The van der Waals surface area contributed by atoms with Gasteiger partial charge in [-0.2, -0.15) is 0 Å². The quantitative estimate of drug-likeness (QED) is 0.178. The molecule has 1 radical (unpaired) electrons. The Labute approximate surface area is 246 Å². The minimum absolute atomic E-state index is 0. The second-order valence-corrected chi connectivity index (χ2v) is 18.7. The van der Waals surface area contributed by atoms with Gasteiger partial charge in [0.1, 0.15) is 5.82 Å². The predicted octanol–water partition coefficient (Wildman–Crippen LogP) is 8.85. The Balaban J connectivity index is 0.000000684. The van der Waals surface area contributed by atoms with Crippen LogP contribution in [-0.4, -0.2) is 22.6 Å². The first-order chi connectivity index (χ1) is 17.3. The van der Waals surface area contributed by atoms with E-state index in [0.717, 1.165) is 12.1 Å². The minimum atomic E-state index is -0.685. The Bertz CT molecular complexity index is 1030. The number of halogens is 1. The number of benzene rings is 3. The molecule has 0 saturated carbocycles. The molecule has 0 saturated heterocycles. The first kappa shape index (κ1) is 34.7. The topological polar surface area (TPSA) is 37.2 Å². The van der Waals surface area contributed by atoms with Crippen molar-refractivity contribution in [3.8, 4) is 5.75 Å². The van der Waals surface area contributed by atoms with Crippen molar-refractivity contribution in [2.24, 2.45) is 0 Å². The molecule has 0 heterocycles. The van der Waals surface area contributed by atoms with Gasteiger partial charge in [-0.15, -0.1) is 5.75 Å².